The van der Waals surface area contributed by atoms with Crippen molar-refractivity contribution in [3.63, 3.8) is 0 Å². The fourth-order valence-electron chi connectivity index (χ4n) is 4.31. The quantitative estimate of drug-likeness (QED) is 0.734. The summed E-state index contributed by atoms with van der Waals surface area (Å²) < 4.78 is 0. The topological polar surface area (TPSA) is 57.7 Å². The van der Waals surface area contributed by atoms with Gasteiger partial charge in [-0.15, -0.1) is 0 Å². The standard InChI is InChI=1S/C17H26N2O3/c1-17(2,3)10-16(22)18-11-4-5-12(18)9-13(8-11)19-14(20)6-7-15(19)21/h11-13H,4-10H2,1-3H3. The summed E-state index contributed by atoms with van der Waals surface area (Å²) in [5.74, 6) is 0.185. The summed E-state index contributed by atoms with van der Waals surface area (Å²) in [7, 11) is 0. The summed E-state index contributed by atoms with van der Waals surface area (Å²) >= 11 is 0. The summed E-state index contributed by atoms with van der Waals surface area (Å²) in [6.45, 7) is 6.25. The number of imide groups is 1. The van der Waals surface area contributed by atoms with E-state index in [1.165, 1.54) is 4.90 Å². The van der Waals surface area contributed by atoms with Gasteiger partial charge in [0.2, 0.25) is 17.7 Å². The van der Waals surface area contributed by atoms with E-state index in [9.17, 15) is 14.4 Å². The fraction of sp³-hybridized carbons (Fsp3) is 0.824. The van der Waals surface area contributed by atoms with Crippen LogP contribution in [0.5, 0.6) is 0 Å². The Kier molecular flexibility index (Phi) is 3.77. The van der Waals surface area contributed by atoms with E-state index in [1.54, 1.807) is 0 Å². The number of piperidine rings is 1. The molecule has 5 nitrogen and oxygen atoms in total. The maximum Gasteiger partial charge on any atom is 0.229 e. The van der Waals surface area contributed by atoms with E-state index in [2.05, 4.69) is 25.7 Å². The van der Waals surface area contributed by atoms with Crippen molar-refractivity contribution in [2.24, 2.45) is 5.41 Å². The Morgan fingerprint density at radius 3 is 1.95 bits per heavy atom. The van der Waals surface area contributed by atoms with Crippen molar-refractivity contribution < 1.29 is 14.4 Å². The Hall–Kier alpha value is -1.39. The highest BCUT2D eigenvalue weighted by molar-refractivity contribution is 6.02. The molecule has 0 aromatic carbocycles. The van der Waals surface area contributed by atoms with Crippen LogP contribution < -0.4 is 0 Å². The van der Waals surface area contributed by atoms with Crippen LogP contribution in [0.2, 0.25) is 0 Å². The van der Waals surface area contributed by atoms with Gasteiger partial charge < -0.3 is 4.90 Å². The second-order valence-electron chi connectivity index (χ2n) is 8.21. The average molecular weight is 306 g/mol. The number of carbonyl (C=O) groups excluding carboxylic acids is 3. The third-order valence-electron chi connectivity index (χ3n) is 5.13. The van der Waals surface area contributed by atoms with Gasteiger partial charge in [0.05, 0.1) is 0 Å². The molecule has 0 N–H and O–H groups in total. The number of fused-ring (bicyclic) bond motifs is 2. The van der Waals surface area contributed by atoms with Gasteiger partial charge in [0, 0.05) is 37.4 Å². The lowest BCUT2D eigenvalue weighted by molar-refractivity contribution is -0.145. The zero-order valence-corrected chi connectivity index (χ0v) is 13.8. The van der Waals surface area contributed by atoms with Crippen LogP contribution >= 0.6 is 0 Å². The zero-order chi connectivity index (χ0) is 16.1. The molecule has 3 amide bonds. The largest absolute Gasteiger partial charge is 0.337 e. The van der Waals surface area contributed by atoms with Crippen LogP contribution in [0.4, 0.5) is 0 Å². The third-order valence-corrected chi connectivity index (χ3v) is 5.13. The maximum atomic E-state index is 12.6. The monoisotopic (exact) mass is 306 g/mol. The molecular formula is C17H26N2O3. The molecule has 0 spiro atoms. The zero-order valence-electron chi connectivity index (χ0n) is 13.8. The summed E-state index contributed by atoms with van der Waals surface area (Å²) in [6, 6.07) is 0.429. The first-order valence-electron chi connectivity index (χ1n) is 8.42. The van der Waals surface area contributed by atoms with Gasteiger partial charge >= 0.3 is 0 Å². The molecule has 3 rings (SSSR count). The highest BCUT2D eigenvalue weighted by atomic mass is 16.2. The second kappa shape index (κ2) is 5.36. The van der Waals surface area contributed by atoms with Crippen LogP contribution in [0.15, 0.2) is 0 Å². The first-order chi connectivity index (χ1) is 10.3. The van der Waals surface area contributed by atoms with Gasteiger partial charge in [0.25, 0.3) is 0 Å². The molecule has 0 radical (unpaired) electrons. The SMILES string of the molecule is CC(C)(C)CC(=O)N1C2CCC1CC(N1C(=O)CCC1=O)C2. The molecule has 22 heavy (non-hydrogen) atoms. The predicted molar refractivity (Wildman–Crippen MR) is 81.8 cm³/mol. The van der Waals surface area contributed by atoms with Gasteiger partial charge in [-0.05, 0) is 31.1 Å². The molecule has 2 bridgehead atoms. The van der Waals surface area contributed by atoms with Crippen LogP contribution in [0.25, 0.3) is 0 Å². The highest BCUT2D eigenvalue weighted by Crippen LogP contribution is 2.40. The predicted octanol–water partition coefficient (Wildman–Crippen LogP) is 2.09. The molecule has 3 aliphatic heterocycles. The molecule has 3 heterocycles. The molecule has 0 saturated carbocycles. The highest BCUT2D eigenvalue weighted by Gasteiger charge is 2.47. The van der Waals surface area contributed by atoms with Crippen LogP contribution in [-0.4, -0.2) is 45.6 Å². The molecule has 3 saturated heterocycles. The number of amides is 3. The lowest BCUT2D eigenvalue weighted by atomic mass is 9.89. The molecule has 0 aromatic rings. The molecule has 2 unspecified atom stereocenters. The van der Waals surface area contributed by atoms with E-state index in [0.717, 1.165) is 25.7 Å². The number of likely N-dealkylation sites (tertiary alicyclic amines) is 1. The van der Waals surface area contributed by atoms with Crippen molar-refractivity contribution in [1.82, 2.24) is 9.80 Å². The van der Waals surface area contributed by atoms with Crippen molar-refractivity contribution in [2.75, 3.05) is 0 Å². The molecule has 3 aliphatic rings. The maximum absolute atomic E-state index is 12.6. The van der Waals surface area contributed by atoms with Crippen LogP contribution in [0.3, 0.4) is 0 Å². The van der Waals surface area contributed by atoms with Gasteiger partial charge in [0.1, 0.15) is 0 Å². The van der Waals surface area contributed by atoms with E-state index in [-0.39, 0.29) is 41.3 Å². The van der Waals surface area contributed by atoms with Crippen LogP contribution in [-0.2, 0) is 14.4 Å². The Morgan fingerprint density at radius 2 is 1.50 bits per heavy atom. The first kappa shape index (κ1) is 15.5. The molecule has 3 fully saturated rings. The fourth-order valence-corrected chi connectivity index (χ4v) is 4.31. The summed E-state index contributed by atoms with van der Waals surface area (Å²) in [5, 5.41) is 0. The van der Waals surface area contributed by atoms with Gasteiger partial charge in [-0.3, -0.25) is 19.3 Å². The number of nitrogens with zero attached hydrogens (tertiary/aromatic N) is 2. The molecule has 2 atom stereocenters. The van der Waals surface area contributed by atoms with Gasteiger partial charge in [-0.25, -0.2) is 0 Å². The average Bonchev–Trinajstić information content (AvgIpc) is 2.85. The van der Waals surface area contributed by atoms with E-state index >= 15 is 0 Å². The molecule has 0 aromatic heterocycles. The first-order valence-corrected chi connectivity index (χ1v) is 8.42. The summed E-state index contributed by atoms with van der Waals surface area (Å²) in [4.78, 5) is 40.1. The molecule has 0 aliphatic carbocycles. The Morgan fingerprint density at radius 1 is 1.00 bits per heavy atom. The minimum atomic E-state index is -0.0242. The number of hydrogen-bond acceptors (Lipinski definition) is 3. The number of rotatable bonds is 2. The van der Waals surface area contributed by atoms with Crippen molar-refractivity contribution in [1.29, 1.82) is 0 Å². The molecular weight excluding hydrogens is 280 g/mol. The Balaban J connectivity index is 1.70. The van der Waals surface area contributed by atoms with Crippen molar-refractivity contribution in [3.05, 3.63) is 0 Å². The van der Waals surface area contributed by atoms with E-state index in [4.69, 9.17) is 0 Å². The summed E-state index contributed by atoms with van der Waals surface area (Å²) in [6.07, 6.45) is 4.83. The van der Waals surface area contributed by atoms with E-state index in [1.807, 2.05) is 0 Å². The summed E-state index contributed by atoms with van der Waals surface area (Å²) in [5.41, 5.74) is -0.00570. The minimum absolute atomic E-state index is 0.00570. The Bertz CT molecular complexity index is 479. The van der Waals surface area contributed by atoms with E-state index in [0.29, 0.717) is 19.3 Å². The van der Waals surface area contributed by atoms with Crippen molar-refractivity contribution in [2.45, 2.75) is 83.8 Å². The smallest absolute Gasteiger partial charge is 0.229 e. The van der Waals surface area contributed by atoms with Crippen LogP contribution in [0.1, 0.15) is 65.7 Å². The van der Waals surface area contributed by atoms with Crippen molar-refractivity contribution in [3.8, 4) is 0 Å². The normalized spacial score (nSPS) is 32.0. The molecule has 122 valence electrons. The van der Waals surface area contributed by atoms with Gasteiger partial charge in [-0.1, -0.05) is 20.8 Å². The molecule has 5 heteroatoms. The minimum Gasteiger partial charge on any atom is -0.337 e. The van der Waals surface area contributed by atoms with E-state index < -0.39 is 0 Å². The third kappa shape index (κ3) is 2.77. The van der Waals surface area contributed by atoms with Gasteiger partial charge in [0.15, 0.2) is 0 Å². The van der Waals surface area contributed by atoms with Crippen LogP contribution in [0, 0.1) is 5.41 Å². The lowest BCUT2D eigenvalue weighted by Crippen LogP contribution is -2.54. The van der Waals surface area contributed by atoms with Crippen molar-refractivity contribution >= 4 is 17.7 Å². The number of carbonyl (C=O) groups is 3. The van der Waals surface area contributed by atoms with Gasteiger partial charge in [-0.2, -0.15) is 0 Å². The second-order valence-corrected chi connectivity index (χ2v) is 8.21. The Labute approximate surface area is 132 Å². The lowest BCUT2D eigenvalue weighted by Gasteiger charge is -2.42. The number of hydrogen-bond donors (Lipinski definition) is 0.